The summed E-state index contributed by atoms with van der Waals surface area (Å²) in [5.41, 5.74) is 0.0853. The van der Waals surface area contributed by atoms with Crippen LogP contribution in [0, 0.1) is 11.7 Å². The van der Waals surface area contributed by atoms with Crippen molar-refractivity contribution in [2.75, 3.05) is 0 Å². The average Bonchev–Trinajstić information content (AvgIpc) is 2.46. The van der Waals surface area contributed by atoms with Crippen molar-refractivity contribution in [2.45, 2.75) is 50.6 Å². The molecule has 23 heavy (non-hydrogen) atoms. The summed E-state index contributed by atoms with van der Waals surface area (Å²) in [6.45, 7) is 0. The molecule has 0 bridgehead atoms. The molecule has 0 amide bonds. The summed E-state index contributed by atoms with van der Waals surface area (Å²) in [5.74, 6) is -0.730. The molecule has 6 heteroatoms. The topological polar surface area (TPSA) is 0 Å². The second-order valence-electron chi connectivity index (χ2n) is 5.94. The Labute approximate surface area is 131 Å². The lowest BCUT2D eigenvalue weighted by atomic mass is 9.78. The van der Waals surface area contributed by atoms with Crippen LogP contribution in [0.15, 0.2) is 30.4 Å². The van der Waals surface area contributed by atoms with Gasteiger partial charge in [0.05, 0.1) is 12.0 Å². The smallest absolute Gasteiger partial charge is 0.206 e. The van der Waals surface area contributed by atoms with Crippen LogP contribution >= 0.6 is 0 Å². The van der Waals surface area contributed by atoms with Gasteiger partial charge in [0.25, 0.3) is 6.43 Å². The van der Waals surface area contributed by atoms with Crippen LogP contribution in [-0.2, 0) is 0 Å². The minimum Gasteiger partial charge on any atom is -0.206 e. The molecule has 0 spiro atoms. The van der Waals surface area contributed by atoms with Crippen LogP contribution < -0.4 is 0 Å². The first-order chi connectivity index (χ1) is 10.8. The van der Waals surface area contributed by atoms with Crippen LogP contribution in [0.2, 0.25) is 0 Å². The van der Waals surface area contributed by atoms with Gasteiger partial charge in [-0.25, -0.2) is 13.2 Å². The molecule has 1 aromatic carbocycles. The van der Waals surface area contributed by atoms with E-state index in [0.29, 0.717) is 18.4 Å². The molecule has 1 aliphatic rings. The van der Waals surface area contributed by atoms with Crippen LogP contribution in [-0.4, -0.2) is 6.18 Å². The molecule has 0 radical (unpaired) electrons. The van der Waals surface area contributed by atoms with Crippen LogP contribution in [0.25, 0.3) is 0 Å². The molecule has 0 aromatic heterocycles. The van der Waals surface area contributed by atoms with Gasteiger partial charge in [-0.05, 0) is 49.1 Å². The highest BCUT2D eigenvalue weighted by Gasteiger charge is 2.26. The van der Waals surface area contributed by atoms with Crippen molar-refractivity contribution in [3.63, 3.8) is 0 Å². The van der Waals surface area contributed by atoms with Gasteiger partial charge in [-0.3, -0.25) is 0 Å². The Morgan fingerprint density at radius 1 is 1.09 bits per heavy atom. The first-order valence-electron chi connectivity index (χ1n) is 7.57. The molecule has 128 valence electrons. The van der Waals surface area contributed by atoms with E-state index in [9.17, 15) is 26.3 Å². The Hall–Kier alpha value is -1.46. The van der Waals surface area contributed by atoms with Crippen molar-refractivity contribution < 1.29 is 26.3 Å². The van der Waals surface area contributed by atoms with Crippen molar-refractivity contribution in [3.8, 4) is 0 Å². The van der Waals surface area contributed by atoms with E-state index in [2.05, 4.69) is 0 Å². The molecule has 1 saturated carbocycles. The van der Waals surface area contributed by atoms with Gasteiger partial charge in [0.15, 0.2) is 0 Å². The number of benzene rings is 1. The summed E-state index contributed by atoms with van der Waals surface area (Å²) < 4.78 is 74.9. The zero-order valence-electron chi connectivity index (χ0n) is 12.4. The fourth-order valence-electron chi connectivity index (χ4n) is 3.01. The van der Waals surface area contributed by atoms with Crippen LogP contribution in [0.4, 0.5) is 26.3 Å². The summed E-state index contributed by atoms with van der Waals surface area (Å²) in [4.78, 5) is 0. The van der Waals surface area contributed by atoms with E-state index in [1.807, 2.05) is 0 Å². The Bertz CT molecular complexity index is 539. The standard InChI is InChI=1S/C17H18F6/c18-15-10-13(7-8-14(15)16(19)20)12-5-3-11(4-6-12)2-1-9-17(21,22)23/h1-2,7-8,10-12,16H,3-6,9H2. The zero-order valence-corrected chi connectivity index (χ0v) is 12.4. The average molecular weight is 336 g/mol. The molecular weight excluding hydrogens is 318 g/mol. The molecule has 1 aliphatic carbocycles. The predicted molar refractivity (Wildman–Crippen MR) is 75.9 cm³/mol. The fraction of sp³-hybridized carbons (Fsp3) is 0.529. The quantitative estimate of drug-likeness (QED) is 0.432. The number of alkyl halides is 5. The number of rotatable bonds is 4. The normalized spacial score (nSPS) is 22.9. The molecule has 1 aromatic rings. The lowest BCUT2D eigenvalue weighted by Crippen LogP contribution is -2.12. The lowest BCUT2D eigenvalue weighted by molar-refractivity contribution is -0.125. The predicted octanol–water partition coefficient (Wildman–Crippen LogP) is 6.55. The molecule has 2 rings (SSSR count). The minimum atomic E-state index is -4.18. The first kappa shape index (κ1) is 17.9. The highest BCUT2D eigenvalue weighted by Crippen LogP contribution is 2.37. The van der Waals surface area contributed by atoms with Crippen molar-refractivity contribution >= 4 is 0 Å². The van der Waals surface area contributed by atoms with Crippen molar-refractivity contribution in [3.05, 3.63) is 47.3 Å². The minimum absolute atomic E-state index is 0.0727. The molecule has 0 unspecified atom stereocenters. The molecule has 0 atom stereocenters. The highest BCUT2D eigenvalue weighted by molar-refractivity contribution is 5.28. The van der Waals surface area contributed by atoms with Gasteiger partial charge in [-0.15, -0.1) is 0 Å². The summed E-state index contributed by atoms with van der Waals surface area (Å²) in [6.07, 6.45) is -2.31. The summed E-state index contributed by atoms with van der Waals surface area (Å²) in [5, 5.41) is 0. The highest BCUT2D eigenvalue weighted by atomic mass is 19.4. The van der Waals surface area contributed by atoms with Crippen LogP contribution in [0.5, 0.6) is 0 Å². The zero-order chi connectivity index (χ0) is 17.0. The van der Waals surface area contributed by atoms with E-state index in [1.54, 1.807) is 6.08 Å². The maximum Gasteiger partial charge on any atom is 0.392 e. The first-order valence-corrected chi connectivity index (χ1v) is 7.57. The number of hydrogen-bond acceptors (Lipinski definition) is 0. The van der Waals surface area contributed by atoms with E-state index in [1.165, 1.54) is 6.07 Å². The fourth-order valence-corrected chi connectivity index (χ4v) is 3.01. The van der Waals surface area contributed by atoms with E-state index in [4.69, 9.17) is 0 Å². The monoisotopic (exact) mass is 336 g/mol. The van der Waals surface area contributed by atoms with Crippen molar-refractivity contribution in [1.29, 1.82) is 0 Å². The Kier molecular flexibility index (Phi) is 5.76. The molecule has 1 fully saturated rings. The van der Waals surface area contributed by atoms with Gasteiger partial charge in [-0.2, -0.15) is 13.2 Å². The van der Waals surface area contributed by atoms with Crippen molar-refractivity contribution in [1.82, 2.24) is 0 Å². The second-order valence-corrected chi connectivity index (χ2v) is 5.94. The molecule has 0 aliphatic heterocycles. The van der Waals surface area contributed by atoms with Gasteiger partial charge >= 0.3 is 6.18 Å². The molecule has 0 nitrogen and oxygen atoms in total. The summed E-state index contributed by atoms with van der Waals surface area (Å²) in [6, 6.07) is 3.80. The van der Waals surface area contributed by atoms with Crippen LogP contribution in [0.3, 0.4) is 0 Å². The summed E-state index contributed by atoms with van der Waals surface area (Å²) in [7, 11) is 0. The van der Waals surface area contributed by atoms with E-state index in [-0.39, 0.29) is 11.8 Å². The number of halogens is 6. The van der Waals surface area contributed by atoms with E-state index >= 15 is 0 Å². The van der Waals surface area contributed by atoms with E-state index in [0.717, 1.165) is 31.1 Å². The molecular formula is C17H18F6. The Morgan fingerprint density at radius 3 is 2.26 bits per heavy atom. The van der Waals surface area contributed by atoms with Crippen LogP contribution in [0.1, 0.15) is 55.6 Å². The van der Waals surface area contributed by atoms with Gasteiger partial charge < -0.3 is 0 Å². The molecule has 0 N–H and O–H groups in total. The third kappa shape index (κ3) is 5.29. The largest absolute Gasteiger partial charge is 0.392 e. The number of allylic oxidation sites excluding steroid dienone is 2. The second kappa shape index (κ2) is 7.41. The van der Waals surface area contributed by atoms with Gasteiger partial charge in [-0.1, -0.05) is 24.3 Å². The SMILES string of the molecule is Fc1cc(C2CCC(C=CCC(F)(F)F)CC2)ccc1C(F)F. The molecule has 0 saturated heterocycles. The Balaban J connectivity index is 1.90. The Morgan fingerprint density at radius 2 is 1.74 bits per heavy atom. The molecule has 0 heterocycles. The maximum atomic E-state index is 13.6. The van der Waals surface area contributed by atoms with E-state index < -0.39 is 30.4 Å². The lowest BCUT2D eigenvalue weighted by Gasteiger charge is -2.27. The maximum absolute atomic E-state index is 13.6. The third-order valence-electron chi connectivity index (χ3n) is 4.26. The van der Waals surface area contributed by atoms with Gasteiger partial charge in [0.2, 0.25) is 0 Å². The van der Waals surface area contributed by atoms with Gasteiger partial charge in [0, 0.05) is 0 Å². The number of hydrogen-bond donors (Lipinski definition) is 0. The van der Waals surface area contributed by atoms with Crippen molar-refractivity contribution in [2.24, 2.45) is 5.92 Å². The third-order valence-corrected chi connectivity index (χ3v) is 4.26. The van der Waals surface area contributed by atoms with Gasteiger partial charge in [0.1, 0.15) is 5.82 Å². The summed E-state index contributed by atoms with van der Waals surface area (Å²) >= 11 is 0.